The molecule has 1 aromatic carbocycles. The SMILES string of the molecule is CCOc1ccc(NC(=O)c2csc(N)n2)cc1Cl. The highest BCUT2D eigenvalue weighted by atomic mass is 35.5. The smallest absolute Gasteiger partial charge is 0.275 e. The predicted octanol–water partition coefficient (Wildman–Crippen LogP) is 3.03. The molecule has 2 aromatic rings. The summed E-state index contributed by atoms with van der Waals surface area (Å²) in [7, 11) is 0. The standard InChI is InChI=1S/C12H12ClN3O2S/c1-2-18-10-4-3-7(5-8(10)13)15-11(17)9-6-19-12(14)16-9/h3-6H,2H2,1H3,(H2,14,16)(H,15,17). The predicted molar refractivity (Wildman–Crippen MR) is 77.1 cm³/mol. The number of benzene rings is 1. The van der Waals surface area contributed by atoms with Crippen LogP contribution in [0, 0.1) is 0 Å². The lowest BCUT2D eigenvalue weighted by Crippen LogP contribution is -2.12. The Morgan fingerprint density at radius 1 is 1.58 bits per heavy atom. The fourth-order valence-electron chi connectivity index (χ4n) is 1.44. The van der Waals surface area contributed by atoms with Crippen molar-refractivity contribution in [3.63, 3.8) is 0 Å². The monoisotopic (exact) mass is 297 g/mol. The third kappa shape index (κ3) is 3.36. The summed E-state index contributed by atoms with van der Waals surface area (Å²) in [6.45, 7) is 2.40. The molecule has 100 valence electrons. The molecule has 0 saturated carbocycles. The molecule has 0 saturated heterocycles. The highest BCUT2D eigenvalue weighted by Gasteiger charge is 2.11. The number of carbonyl (C=O) groups excluding carboxylic acids is 1. The molecule has 0 atom stereocenters. The zero-order valence-corrected chi connectivity index (χ0v) is 11.7. The van der Waals surface area contributed by atoms with Gasteiger partial charge in [-0.1, -0.05) is 11.6 Å². The van der Waals surface area contributed by atoms with Crippen molar-refractivity contribution in [2.24, 2.45) is 0 Å². The molecule has 0 bridgehead atoms. The van der Waals surface area contributed by atoms with Crippen molar-refractivity contribution in [1.82, 2.24) is 4.98 Å². The minimum atomic E-state index is -0.326. The maximum Gasteiger partial charge on any atom is 0.275 e. The van der Waals surface area contributed by atoms with Crippen LogP contribution in [0.25, 0.3) is 0 Å². The molecular formula is C12H12ClN3O2S. The highest BCUT2D eigenvalue weighted by Crippen LogP contribution is 2.27. The number of hydrogen-bond acceptors (Lipinski definition) is 5. The molecule has 0 radical (unpaired) electrons. The van der Waals surface area contributed by atoms with Gasteiger partial charge in [-0.3, -0.25) is 4.79 Å². The third-order valence-electron chi connectivity index (χ3n) is 2.24. The number of ether oxygens (including phenoxy) is 1. The lowest BCUT2D eigenvalue weighted by Gasteiger charge is -2.08. The molecule has 0 aliphatic carbocycles. The molecule has 1 aromatic heterocycles. The van der Waals surface area contributed by atoms with Crippen LogP contribution in [-0.4, -0.2) is 17.5 Å². The molecule has 0 spiro atoms. The van der Waals surface area contributed by atoms with Crippen LogP contribution in [0.5, 0.6) is 5.75 Å². The van der Waals surface area contributed by atoms with Crippen LogP contribution in [0.1, 0.15) is 17.4 Å². The second kappa shape index (κ2) is 5.90. The van der Waals surface area contributed by atoms with Crippen LogP contribution in [-0.2, 0) is 0 Å². The van der Waals surface area contributed by atoms with Gasteiger partial charge >= 0.3 is 0 Å². The van der Waals surface area contributed by atoms with Gasteiger partial charge in [0.15, 0.2) is 5.13 Å². The largest absolute Gasteiger partial charge is 0.492 e. The number of aromatic nitrogens is 1. The number of hydrogen-bond donors (Lipinski definition) is 2. The third-order valence-corrected chi connectivity index (χ3v) is 3.21. The van der Waals surface area contributed by atoms with Crippen molar-refractivity contribution >= 4 is 39.7 Å². The molecule has 2 rings (SSSR count). The number of nitrogens with two attached hydrogens (primary N) is 1. The quantitative estimate of drug-likeness (QED) is 0.909. The van der Waals surface area contributed by atoms with E-state index in [9.17, 15) is 4.79 Å². The Morgan fingerprint density at radius 3 is 2.95 bits per heavy atom. The minimum Gasteiger partial charge on any atom is -0.492 e. The summed E-state index contributed by atoms with van der Waals surface area (Å²) in [6, 6.07) is 5.04. The van der Waals surface area contributed by atoms with Gasteiger partial charge in [0.05, 0.1) is 11.6 Å². The highest BCUT2D eigenvalue weighted by molar-refractivity contribution is 7.13. The van der Waals surface area contributed by atoms with Gasteiger partial charge in [-0.25, -0.2) is 4.98 Å². The van der Waals surface area contributed by atoms with E-state index < -0.39 is 0 Å². The summed E-state index contributed by atoms with van der Waals surface area (Å²) in [6.07, 6.45) is 0. The van der Waals surface area contributed by atoms with Gasteiger partial charge in [0, 0.05) is 11.1 Å². The van der Waals surface area contributed by atoms with E-state index >= 15 is 0 Å². The van der Waals surface area contributed by atoms with Gasteiger partial charge in [-0.15, -0.1) is 11.3 Å². The molecule has 0 aliphatic rings. The zero-order valence-electron chi connectivity index (χ0n) is 10.1. The first-order valence-corrected chi connectivity index (χ1v) is 6.80. The lowest BCUT2D eigenvalue weighted by molar-refractivity contribution is 0.102. The van der Waals surface area contributed by atoms with E-state index in [1.54, 1.807) is 23.6 Å². The second-order valence-corrected chi connectivity index (χ2v) is 4.90. The van der Waals surface area contributed by atoms with Crippen molar-refractivity contribution in [3.8, 4) is 5.75 Å². The van der Waals surface area contributed by atoms with Gasteiger partial charge in [0.25, 0.3) is 5.91 Å². The van der Waals surface area contributed by atoms with Gasteiger partial charge in [-0.2, -0.15) is 0 Å². The molecule has 7 heteroatoms. The average Bonchev–Trinajstić information content (AvgIpc) is 2.80. The number of nitrogens with zero attached hydrogens (tertiary/aromatic N) is 1. The Balaban J connectivity index is 2.11. The first-order chi connectivity index (χ1) is 9.10. The van der Waals surface area contributed by atoms with Gasteiger partial charge < -0.3 is 15.8 Å². The summed E-state index contributed by atoms with van der Waals surface area (Å²) in [5.41, 5.74) is 6.34. The summed E-state index contributed by atoms with van der Waals surface area (Å²) in [5.74, 6) is 0.258. The Morgan fingerprint density at radius 2 is 2.37 bits per heavy atom. The molecule has 5 nitrogen and oxygen atoms in total. The summed E-state index contributed by atoms with van der Waals surface area (Å²) in [5, 5.41) is 5.09. The minimum absolute atomic E-state index is 0.285. The van der Waals surface area contributed by atoms with Crippen molar-refractivity contribution in [1.29, 1.82) is 0 Å². The Labute approximate surface area is 119 Å². The summed E-state index contributed by atoms with van der Waals surface area (Å²) >= 11 is 7.25. The zero-order chi connectivity index (χ0) is 13.8. The number of amides is 1. The maximum absolute atomic E-state index is 11.9. The number of carbonyl (C=O) groups is 1. The van der Waals surface area contributed by atoms with Crippen LogP contribution in [0.2, 0.25) is 5.02 Å². The van der Waals surface area contributed by atoms with Crippen molar-refractivity contribution in [2.75, 3.05) is 17.7 Å². The fourth-order valence-corrected chi connectivity index (χ4v) is 2.22. The van der Waals surface area contributed by atoms with E-state index in [2.05, 4.69) is 10.3 Å². The first-order valence-electron chi connectivity index (χ1n) is 5.55. The molecular weight excluding hydrogens is 286 g/mol. The van der Waals surface area contributed by atoms with E-state index in [0.717, 1.165) is 0 Å². The normalized spacial score (nSPS) is 10.2. The number of nitrogens with one attached hydrogen (secondary N) is 1. The molecule has 1 heterocycles. The first kappa shape index (κ1) is 13.6. The van der Waals surface area contributed by atoms with E-state index in [1.807, 2.05) is 6.92 Å². The van der Waals surface area contributed by atoms with Crippen molar-refractivity contribution < 1.29 is 9.53 Å². The molecule has 1 amide bonds. The number of rotatable bonds is 4. The molecule has 0 unspecified atom stereocenters. The van der Waals surface area contributed by atoms with Crippen LogP contribution in [0.3, 0.4) is 0 Å². The van der Waals surface area contributed by atoms with Crippen LogP contribution in [0.4, 0.5) is 10.8 Å². The van der Waals surface area contributed by atoms with Crippen molar-refractivity contribution in [3.05, 3.63) is 34.3 Å². The van der Waals surface area contributed by atoms with Gasteiger partial charge in [-0.05, 0) is 25.1 Å². The van der Waals surface area contributed by atoms with Crippen LogP contribution < -0.4 is 15.8 Å². The summed E-state index contributed by atoms with van der Waals surface area (Å²) < 4.78 is 5.31. The second-order valence-electron chi connectivity index (χ2n) is 3.60. The molecule has 0 aliphatic heterocycles. The lowest BCUT2D eigenvalue weighted by atomic mass is 10.3. The number of nitrogen functional groups attached to an aromatic ring is 1. The van der Waals surface area contributed by atoms with Gasteiger partial charge in [0.2, 0.25) is 0 Å². The van der Waals surface area contributed by atoms with Gasteiger partial charge in [0.1, 0.15) is 11.4 Å². The van der Waals surface area contributed by atoms with Crippen LogP contribution in [0.15, 0.2) is 23.6 Å². The topological polar surface area (TPSA) is 77.2 Å². The van der Waals surface area contributed by atoms with Crippen molar-refractivity contribution in [2.45, 2.75) is 6.92 Å². The number of thiazole rings is 1. The van der Waals surface area contributed by atoms with Crippen LogP contribution >= 0.6 is 22.9 Å². The van der Waals surface area contributed by atoms with E-state index in [1.165, 1.54) is 11.3 Å². The molecule has 3 N–H and O–H groups in total. The van der Waals surface area contributed by atoms with E-state index in [0.29, 0.717) is 28.2 Å². The van der Waals surface area contributed by atoms with E-state index in [-0.39, 0.29) is 11.6 Å². The molecule has 19 heavy (non-hydrogen) atoms. The Kier molecular flexibility index (Phi) is 4.24. The summed E-state index contributed by atoms with van der Waals surface area (Å²) in [4.78, 5) is 15.8. The Bertz CT molecular complexity index is 600. The van der Waals surface area contributed by atoms with E-state index in [4.69, 9.17) is 22.1 Å². The number of anilines is 2. The average molecular weight is 298 g/mol. The maximum atomic E-state index is 11.9. The number of halogens is 1. The fraction of sp³-hybridized carbons (Fsp3) is 0.167. The Hall–Kier alpha value is -1.79. The molecule has 0 fully saturated rings.